The van der Waals surface area contributed by atoms with Crippen LogP contribution in [-0.4, -0.2) is 7.11 Å². The molecular weight excluding hydrogens is 260 g/mol. The van der Waals surface area contributed by atoms with Crippen LogP contribution >= 0.6 is 0 Å². The fourth-order valence-electron chi connectivity index (χ4n) is 2.28. The lowest BCUT2D eigenvalue weighted by molar-refractivity contribution is 0.372. The van der Waals surface area contributed by atoms with Gasteiger partial charge in [-0.15, -0.1) is 0 Å². The summed E-state index contributed by atoms with van der Waals surface area (Å²) in [6.07, 6.45) is 0.328. The minimum atomic E-state index is -0.952. The molecule has 0 aliphatic rings. The highest BCUT2D eigenvalue weighted by molar-refractivity contribution is 5.36. The molecule has 2 nitrogen and oxygen atoms in total. The highest BCUT2D eigenvalue weighted by Crippen LogP contribution is 2.30. The molecule has 4 heteroatoms. The number of nitrogens with two attached hydrogens (primary N) is 1. The summed E-state index contributed by atoms with van der Waals surface area (Å²) in [5, 5.41) is 0. The molecule has 20 heavy (non-hydrogen) atoms. The van der Waals surface area contributed by atoms with Crippen LogP contribution in [0.1, 0.15) is 18.1 Å². The lowest BCUT2D eigenvalue weighted by atomic mass is 9.86. The van der Waals surface area contributed by atoms with Gasteiger partial charge in [0.25, 0.3) is 0 Å². The third kappa shape index (κ3) is 2.96. The maximum absolute atomic E-state index is 14.3. The van der Waals surface area contributed by atoms with Gasteiger partial charge in [-0.2, -0.15) is 0 Å². The van der Waals surface area contributed by atoms with Crippen LogP contribution in [0.15, 0.2) is 42.5 Å². The van der Waals surface area contributed by atoms with Gasteiger partial charge in [-0.3, -0.25) is 0 Å². The molecule has 2 N–H and O–H groups in total. The van der Waals surface area contributed by atoms with E-state index in [1.807, 2.05) is 0 Å². The van der Waals surface area contributed by atoms with Crippen molar-refractivity contribution in [2.75, 3.05) is 7.11 Å². The van der Waals surface area contributed by atoms with E-state index in [9.17, 15) is 8.78 Å². The zero-order valence-corrected chi connectivity index (χ0v) is 11.5. The summed E-state index contributed by atoms with van der Waals surface area (Å²) < 4.78 is 32.4. The predicted molar refractivity (Wildman–Crippen MR) is 74.6 cm³/mol. The summed E-state index contributed by atoms with van der Waals surface area (Å²) in [6.45, 7) is 1.72. The lowest BCUT2D eigenvalue weighted by Gasteiger charge is -2.26. The van der Waals surface area contributed by atoms with Crippen molar-refractivity contribution < 1.29 is 13.5 Å². The van der Waals surface area contributed by atoms with Crippen molar-refractivity contribution in [1.82, 2.24) is 0 Å². The smallest absolute Gasteiger partial charge is 0.170 e. The van der Waals surface area contributed by atoms with E-state index in [2.05, 4.69) is 0 Å². The molecule has 2 rings (SSSR count). The Balaban J connectivity index is 2.35. The Morgan fingerprint density at radius 1 is 1.15 bits per heavy atom. The van der Waals surface area contributed by atoms with Crippen molar-refractivity contribution >= 4 is 0 Å². The maximum Gasteiger partial charge on any atom is 0.170 e. The second kappa shape index (κ2) is 5.59. The average molecular weight is 277 g/mol. The molecule has 0 saturated carbocycles. The minimum absolute atomic E-state index is 0.151. The molecule has 2 aromatic carbocycles. The number of methoxy groups -OCH3 is 1. The molecule has 0 bridgehead atoms. The van der Waals surface area contributed by atoms with E-state index in [-0.39, 0.29) is 11.6 Å². The summed E-state index contributed by atoms with van der Waals surface area (Å²) in [5.41, 5.74) is 6.34. The second-order valence-corrected chi connectivity index (χ2v) is 5.05. The highest BCUT2D eigenvalue weighted by atomic mass is 19.1. The standard InChI is InChI=1S/C16H17F2NO/c1-16(19,10-11-5-3-6-12(17)9-11)13-7-4-8-14(20-2)15(13)18/h3-9H,10,19H2,1-2H3. The maximum atomic E-state index is 14.3. The highest BCUT2D eigenvalue weighted by Gasteiger charge is 2.27. The molecule has 0 amide bonds. The predicted octanol–water partition coefficient (Wildman–Crippen LogP) is 3.39. The van der Waals surface area contributed by atoms with Gasteiger partial charge in [0.15, 0.2) is 11.6 Å². The van der Waals surface area contributed by atoms with E-state index >= 15 is 0 Å². The van der Waals surface area contributed by atoms with Crippen LogP contribution in [0.4, 0.5) is 8.78 Å². The second-order valence-electron chi connectivity index (χ2n) is 5.05. The molecule has 0 radical (unpaired) electrons. The molecule has 0 heterocycles. The Labute approximate surface area is 117 Å². The quantitative estimate of drug-likeness (QED) is 0.929. The van der Waals surface area contributed by atoms with Gasteiger partial charge in [0.2, 0.25) is 0 Å². The fraction of sp³-hybridized carbons (Fsp3) is 0.250. The van der Waals surface area contributed by atoms with Crippen LogP contribution in [0.2, 0.25) is 0 Å². The van der Waals surface area contributed by atoms with E-state index < -0.39 is 11.4 Å². The molecule has 0 aliphatic carbocycles. The van der Waals surface area contributed by atoms with Crippen LogP contribution in [0.3, 0.4) is 0 Å². The molecule has 0 saturated heterocycles. The van der Waals surface area contributed by atoms with Gasteiger partial charge in [0, 0.05) is 11.1 Å². The SMILES string of the molecule is COc1cccc(C(C)(N)Cc2cccc(F)c2)c1F. The van der Waals surface area contributed by atoms with Crippen LogP contribution in [-0.2, 0) is 12.0 Å². The number of ether oxygens (including phenoxy) is 1. The number of hydrogen-bond donors (Lipinski definition) is 1. The van der Waals surface area contributed by atoms with Crippen molar-refractivity contribution in [3.63, 3.8) is 0 Å². The van der Waals surface area contributed by atoms with Crippen molar-refractivity contribution in [3.05, 3.63) is 65.2 Å². The fourth-order valence-corrected chi connectivity index (χ4v) is 2.28. The summed E-state index contributed by atoms with van der Waals surface area (Å²) in [6, 6.07) is 11.0. The molecule has 2 aromatic rings. The largest absolute Gasteiger partial charge is 0.494 e. The molecule has 0 aromatic heterocycles. The molecule has 106 valence electrons. The Kier molecular flexibility index (Phi) is 4.04. The average Bonchev–Trinajstić information content (AvgIpc) is 2.38. The molecule has 0 aliphatic heterocycles. The molecule has 0 fully saturated rings. The van der Waals surface area contributed by atoms with Crippen molar-refractivity contribution in [2.45, 2.75) is 18.9 Å². The monoisotopic (exact) mass is 277 g/mol. The zero-order valence-electron chi connectivity index (χ0n) is 11.5. The first-order valence-electron chi connectivity index (χ1n) is 6.30. The third-order valence-corrected chi connectivity index (χ3v) is 3.26. The molecule has 1 unspecified atom stereocenters. The zero-order chi connectivity index (χ0) is 14.8. The number of hydrogen-bond acceptors (Lipinski definition) is 2. The molecular formula is C16H17F2NO. The van der Waals surface area contributed by atoms with E-state index in [1.165, 1.54) is 25.3 Å². The van der Waals surface area contributed by atoms with Gasteiger partial charge >= 0.3 is 0 Å². The van der Waals surface area contributed by atoms with Gasteiger partial charge in [-0.25, -0.2) is 8.78 Å². The van der Waals surface area contributed by atoms with Crippen LogP contribution in [0.5, 0.6) is 5.75 Å². The Morgan fingerprint density at radius 2 is 1.85 bits per heavy atom. The van der Waals surface area contributed by atoms with Gasteiger partial charge in [-0.1, -0.05) is 24.3 Å². The van der Waals surface area contributed by atoms with Gasteiger partial charge < -0.3 is 10.5 Å². The number of halogens is 2. The van der Waals surface area contributed by atoms with Gasteiger partial charge in [-0.05, 0) is 37.1 Å². The number of rotatable bonds is 4. The topological polar surface area (TPSA) is 35.2 Å². The third-order valence-electron chi connectivity index (χ3n) is 3.26. The van der Waals surface area contributed by atoms with Crippen molar-refractivity contribution in [1.29, 1.82) is 0 Å². The molecule has 0 spiro atoms. The van der Waals surface area contributed by atoms with E-state index in [0.717, 1.165) is 5.56 Å². The Hall–Kier alpha value is -1.94. The summed E-state index contributed by atoms with van der Waals surface area (Å²) in [5.74, 6) is -0.653. The van der Waals surface area contributed by atoms with Crippen LogP contribution < -0.4 is 10.5 Å². The Morgan fingerprint density at radius 3 is 2.50 bits per heavy atom. The van der Waals surface area contributed by atoms with E-state index in [0.29, 0.717) is 12.0 Å². The first kappa shape index (κ1) is 14.5. The minimum Gasteiger partial charge on any atom is -0.494 e. The summed E-state index contributed by atoms with van der Waals surface area (Å²) >= 11 is 0. The summed E-state index contributed by atoms with van der Waals surface area (Å²) in [4.78, 5) is 0. The normalized spacial score (nSPS) is 13.8. The molecule has 1 atom stereocenters. The lowest BCUT2D eigenvalue weighted by Crippen LogP contribution is -2.36. The van der Waals surface area contributed by atoms with Gasteiger partial charge in [0.05, 0.1) is 7.11 Å². The van der Waals surface area contributed by atoms with E-state index in [4.69, 9.17) is 10.5 Å². The van der Waals surface area contributed by atoms with E-state index in [1.54, 1.807) is 31.2 Å². The van der Waals surface area contributed by atoms with Gasteiger partial charge in [0.1, 0.15) is 5.82 Å². The first-order valence-corrected chi connectivity index (χ1v) is 6.30. The van der Waals surface area contributed by atoms with Crippen LogP contribution in [0, 0.1) is 11.6 Å². The first-order chi connectivity index (χ1) is 9.44. The van der Waals surface area contributed by atoms with Crippen molar-refractivity contribution in [3.8, 4) is 5.75 Å². The van der Waals surface area contributed by atoms with Crippen LogP contribution in [0.25, 0.3) is 0 Å². The summed E-state index contributed by atoms with van der Waals surface area (Å²) in [7, 11) is 1.41. The number of benzene rings is 2. The van der Waals surface area contributed by atoms with Crippen molar-refractivity contribution in [2.24, 2.45) is 5.73 Å². The Bertz CT molecular complexity index is 611.